The average Bonchev–Trinajstić information content (AvgIpc) is 3.11. The fraction of sp³-hybridized carbons (Fsp3) is 0.931. The van der Waals surface area contributed by atoms with Gasteiger partial charge in [0.1, 0.15) is 0 Å². The van der Waals surface area contributed by atoms with E-state index < -0.39 is 23.9 Å². The van der Waals surface area contributed by atoms with Crippen LogP contribution in [0.3, 0.4) is 0 Å². The molecule has 2 bridgehead atoms. The topological polar surface area (TPSA) is 110 Å². The van der Waals surface area contributed by atoms with Crippen molar-refractivity contribution in [2.24, 2.45) is 44.3 Å². The first kappa shape index (κ1) is 24.8. The molecule has 0 radical (unpaired) electrons. The molecule has 11 atom stereocenters. The lowest BCUT2D eigenvalue weighted by Crippen LogP contribution is -2.69. The van der Waals surface area contributed by atoms with Crippen molar-refractivity contribution in [3.05, 3.63) is 11.6 Å². The quantitative estimate of drug-likeness (QED) is 0.381. The molecule has 1 aliphatic heterocycles. The minimum Gasteiger partial charge on any atom is -0.396 e. The smallest absolute Gasteiger partial charge is 0.160 e. The molecule has 5 aliphatic carbocycles. The number of rotatable bonds is 2. The molecule has 0 unspecified atom stereocenters. The van der Waals surface area contributed by atoms with Crippen LogP contribution in [0.15, 0.2) is 11.6 Å². The summed E-state index contributed by atoms with van der Waals surface area (Å²) in [5, 5.41) is 53.7. The van der Waals surface area contributed by atoms with Crippen molar-refractivity contribution in [2.75, 3.05) is 13.2 Å². The molecule has 1 spiro atoms. The maximum Gasteiger partial charge on any atom is 0.160 e. The summed E-state index contributed by atoms with van der Waals surface area (Å²) in [5.74, 6) is 0.205. The fourth-order valence-electron chi connectivity index (χ4n) is 11.2. The van der Waals surface area contributed by atoms with Crippen LogP contribution in [0, 0.1) is 44.3 Å². The Morgan fingerprint density at radius 2 is 1.66 bits per heavy atom. The molecule has 0 aromatic rings. The zero-order valence-corrected chi connectivity index (χ0v) is 22.0. The first-order chi connectivity index (χ1) is 16.3. The molecule has 6 heteroatoms. The van der Waals surface area contributed by atoms with E-state index in [0.29, 0.717) is 6.42 Å². The highest BCUT2D eigenvalue weighted by Crippen LogP contribution is 2.76. The van der Waals surface area contributed by atoms with Crippen LogP contribution in [0.1, 0.15) is 85.5 Å². The molecule has 1 saturated heterocycles. The van der Waals surface area contributed by atoms with Crippen LogP contribution < -0.4 is 0 Å². The van der Waals surface area contributed by atoms with Gasteiger partial charge in [0, 0.05) is 16.2 Å². The summed E-state index contributed by atoms with van der Waals surface area (Å²) in [5.41, 5.74) is 0.0715. The van der Waals surface area contributed by atoms with Gasteiger partial charge < -0.3 is 30.3 Å². The molecule has 5 fully saturated rings. The number of fused-ring (bicyclic) bond motifs is 6. The van der Waals surface area contributed by atoms with Crippen LogP contribution in [0.4, 0.5) is 0 Å². The third-order valence-corrected chi connectivity index (χ3v) is 13.4. The lowest BCUT2D eigenvalue weighted by molar-refractivity contribution is -0.279. The summed E-state index contributed by atoms with van der Waals surface area (Å²) in [4.78, 5) is 0. The van der Waals surface area contributed by atoms with Gasteiger partial charge in [-0.05, 0) is 85.9 Å². The van der Waals surface area contributed by atoms with Crippen LogP contribution in [-0.4, -0.2) is 63.3 Å². The number of ether oxygens (including phenoxy) is 1. The minimum atomic E-state index is -1.12. The van der Waals surface area contributed by atoms with E-state index in [9.17, 15) is 25.5 Å². The highest BCUT2D eigenvalue weighted by atomic mass is 16.6. The van der Waals surface area contributed by atoms with E-state index in [2.05, 4.69) is 33.8 Å². The van der Waals surface area contributed by atoms with E-state index in [1.807, 2.05) is 0 Å². The number of allylic oxidation sites excluding steroid dienone is 2. The molecular formula is C29H46O6. The second-order valence-corrected chi connectivity index (χ2v) is 14.7. The maximum absolute atomic E-state index is 11.0. The molecule has 35 heavy (non-hydrogen) atoms. The number of hydrogen-bond donors (Lipinski definition) is 5. The van der Waals surface area contributed by atoms with Crippen molar-refractivity contribution in [1.29, 1.82) is 0 Å². The molecular weight excluding hydrogens is 444 g/mol. The third-order valence-electron chi connectivity index (χ3n) is 13.4. The molecule has 6 aliphatic rings. The Labute approximate surface area is 209 Å². The molecule has 0 aromatic carbocycles. The summed E-state index contributed by atoms with van der Waals surface area (Å²) < 4.78 is 6.43. The number of aliphatic hydroxyl groups excluding tert-OH is 5. The van der Waals surface area contributed by atoms with Gasteiger partial charge in [0.2, 0.25) is 0 Å². The van der Waals surface area contributed by atoms with Crippen molar-refractivity contribution in [2.45, 2.75) is 110 Å². The third kappa shape index (κ3) is 2.77. The van der Waals surface area contributed by atoms with Gasteiger partial charge in [-0.15, -0.1) is 0 Å². The zero-order chi connectivity index (χ0) is 25.2. The summed E-state index contributed by atoms with van der Waals surface area (Å²) in [6.07, 6.45) is 8.13. The predicted molar refractivity (Wildman–Crippen MR) is 131 cm³/mol. The van der Waals surface area contributed by atoms with Crippen molar-refractivity contribution >= 4 is 0 Å². The fourth-order valence-corrected chi connectivity index (χ4v) is 11.2. The molecule has 4 saturated carbocycles. The lowest BCUT2D eigenvalue weighted by atomic mass is 9.34. The van der Waals surface area contributed by atoms with Crippen LogP contribution in [-0.2, 0) is 4.74 Å². The van der Waals surface area contributed by atoms with E-state index in [1.54, 1.807) is 5.57 Å². The van der Waals surface area contributed by atoms with Gasteiger partial charge in [-0.3, -0.25) is 0 Å². The first-order valence-electron chi connectivity index (χ1n) is 14.0. The molecule has 6 rings (SSSR count). The maximum atomic E-state index is 11.0. The normalized spacial score (nSPS) is 58.5. The number of hydrogen-bond acceptors (Lipinski definition) is 6. The second-order valence-electron chi connectivity index (χ2n) is 14.7. The molecule has 0 aromatic heterocycles. The van der Waals surface area contributed by atoms with Gasteiger partial charge in [-0.2, -0.15) is 0 Å². The van der Waals surface area contributed by atoms with E-state index in [4.69, 9.17) is 4.74 Å². The molecule has 198 valence electrons. The first-order valence-corrected chi connectivity index (χ1v) is 14.0. The summed E-state index contributed by atoms with van der Waals surface area (Å²) >= 11 is 0. The predicted octanol–water partition coefficient (Wildman–Crippen LogP) is 3.15. The minimum absolute atomic E-state index is 0.0315. The molecule has 1 heterocycles. The van der Waals surface area contributed by atoms with Crippen LogP contribution in [0.2, 0.25) is 0 Å². The lowest BCUT2D eigenvalue weighted by Gasteiger charge is -2.71. The Balaban J connectivity index is 1.41. The van der Waals surface area contributed by atoms with Gasteiger partial charge in [-0.25, -0.2) is 0 Å². The van der Waals surface area contributed by atoms with E-state index in [1.165, 1.54) is 0 Å². The molecule has 0 amide bonds. The van der Waals surface area contributed by atoms with Crippen molar-refractivity contribution in [3.8, 4) is 0 Å². The van der Waals surface area contributed by atoms with Gasteiger partial charge in [0.15, 0.2) is 6.29 Å². The van der Waals surface area contributed by atoms with Crippen molar-refractivity contribution in [3.63, 3.8) is 0 Å². The summed E-state index contributed by atoms with van der Waals surface area (Å²) in [6, 6.07) is 0. The summed E-state index contributed by atoms with van der Waals surface area (Å²) in [6.45, 7) is 8.63. The van der Waals surface area contributed by atoms with Crippen LogP contribution in [0.25, 0.3) is 0 Å². The zero-order valence-electron chi connectivity index (χ0n) is 22.0. The standard InChI is InChI=1S/C29H46O6/c1-24-9-10-28(14-24)11-17-5-6-19-25(2)12-18(32)22(33)29(15-30,16-31)20(25)7-8-26(19,3)27(17,4)13-21(28)35-23(24)34/h5,18-23,30-34H,6-16H2,1-4H3/t18-,19-,20-,21+,22+,23-,24-,25-,26-,27-,28-/m1/s1. The van der Waals surface area contributed by atoms with Gasteiger partial charge >= 0.3 is 0 Å². The van der Waals surface area contributed by atoms with Gasteiger partial charge in [-0.1, -0.05) is 39.3 Å². The van der Waals surface area contributed by atoms with Crippen molar-refractivity contribution in [1.82, 2.24) is 0 Å². The summed E-state index contributed by atoms with van der Waals surface area (Å²) in [7, 11) is 0. The highest BCUT2D eigenvalue weighted by Gasteiger charge is 2.71. The monoisotopic (exact) mass is 490 g/mol. The SMILES string of the molecule is C[C@]12CC[C@@]3(CC4=CC[C@@H]5[C@@]6(C)C[C@@H](O)[C@H](O)C(CO)(CO)[C@@H]6CC[C@@]5(C)[C@]4(C)C[C@@H]3O[C@H]1O)C2. The Kier molecular flexibility index (Phi) is 5.19. The Morgan fingerprint density at radius 3 is 2.34 bits per heavy atom. The molecule has 5 N–H and O–H groups in total. The Bertz CT molecular complexity index is 930. The Morgan fingerprint density at radius 1 is 0.943 bits per heavy atom. The van der Waals surface area contributed by atoms with Gasteiger partial charge in [0.05, 0.1) is 31.5 Å². The van der Waals surface area contributed by atoms with Crippen LogP contribution in [0.5, 0.6) is 0 Å². The van der Waals surface area contributed by atoms with E-state index in [-0.39, 0.29) is 58.2 Å². The Hall–Kier alpha value is -0.500. The average molecular weight is 491 g/mol. The van der Waals surface area contributed by atoms with Crippen molar-refractivity contribution < 1.29 is 30.3 Å². The van der Waals surface area contributed by atoms with E-state index >= 15 is 0 Å². The van der Waals surface area contributed by atoms with E-state index in [0.717, 1.165) is 51.4 Å². The van der Waals surface area contributed by atoms with Crippen LogP contribution >= 0.6 is 0 Å². The largest absolute Gasteiger partial charge is 0.396 e. The highest BCUT2D eigenvalue weighted by molar-refractivity contribution is 5.33. The van der Waals surface area contributed by atoms with Gasteiger partial charge in [0.25, 0.3) is 0 Å². The second kappa shape index (κ2) is 7.33. The number of aliphatic hydroxyl groups is 5. The molecule has 6 nitrogen and oxygen atoms in total.